The molecule has 2 N–H and O–H groups in total. The van der Waals surface area contributed by atoms with E-state index in [1.165, 1.54) is 0 Å². The molecule has 1 fully saturated rings. The van der Waals surface area contributed by atoms with Gasteiger partial charge in [-0.1, -0.05) is 0 Å². The normalized spacial score (nSPS) is 21.9. The van der Waals surface area contributed by atoms with Gasteiger partial charge in [0.15, 0.2) is 0 Å². The molecule has 1 aliphatic heterocycles. The van der Waals surface area contributed by atoms with Crippen molar-refractivity contribution in [1.82, 2.24) is 4.90 Å². The third-order valence-corrected chi connectivity index (χ3v) is 3.25. The van der Waals surface area contributed by atoms with E-state index in [1.807, 2.05) is 18.2 Å². The number of benzene rings is 1. The molecule has 1 aliphatic rings. The molecule has 1 heterocycles. The molecule has 1 aromatic rings. The Morgan fingerprint density at radius 3 is 3.00 bits per heavy atom. The molecule has 82 valence electrons. The van der Waals surface area contributed by atoms with Crippen LogP contribution in [0.2, 0.25) is 0 Å². The Hall–Kier alpha value is -0.740. The minimum Gasteiger partial charge on any atom is -0.488 e. The van der Waals surface area contributed by atoms with Crippen LogP contribution in [0.3, 0.4) is 0 Å². The van der Waals surface area contributed by atoms with Gasteiger partial charge in [-0.3, -0.25) is 0 Å². The van der Waals surface area contributed by atoms with Crippen molar-refractivity contribution in [2.75, 3.05) is 25.9 Å². The number of nitrogens with two attached hydrogens (primary N) is 1. The van der Waals surface area contributed by atoms with Gasteiger partial charge in [-0.25, -0.2) is 0 Å². The molecular weight excluding hydrogens is 256 g/mol. The lowest BCUT2D eigenvalue weighted by molar-refractivity contribution is 0.207. The number of nitrogens with zero attached hydrogens (tertiary/aromatic N) is 1. The zero-order valence-corrected chi connectivity index (χ0v) is 10.3. The number of hydrogen-bond acceptors (Lipinski definition) is 3. The molecule has 0 bridgehead atoms. The molecule has 0 aromatic heterocycles. The van der Waals surface area contributed by atoms with E-state index in [0.29, 0.717) is 0 Å². The van der Waals surface area contributed by atoms with E-state index >= 15 is 0 Å². The lowest BCUT2D eigenvalue weighted by Crippen LogP contribution is -2.21. The van der Waals surface area contributed by atoms with Crippen LogP contribution in [0.25, 0.3) is 0 Å². The third-order valence-electron chi connectivity index (χ3n) is 2.60. The highest BCUT2D eigenvalue weighted by Gasteiger charge is 2.21. The Labute approximate surface area is 98.3 Å². The Morgan fingerprint density at radius 2 is 2.33 bits per heavy atom. The van der Waals surface area contributed by atoms with Crippen LogP contribution in [0.15, 0.2) is 22.7 Å². The van der Waals surface area contributed by atoms with Gasteiger partial charge in [-0.2, -0.15) is 0 Å². The summed E-state index contributed by atoms with van der Waals surface area (Å²) in [5, 5.41) is 0. The van der Waals surface area contributed by atoms with Gasteiger partial charge in [0.1, 0.15) is 11.9 Å². The summed E-state index contributed by atoms with van der Waals surface area (Å²) in [5.74, 6) is 0.843. The molecule has 4 heteroatoms. The van der Waals surface area contributed by atoms with Gasteiger partial charge < -0.3 is 15.4 Å². The molecule has 2 rings (SSSR count). The predicted molar refractivity (Wildman–Crippen MR) is 65.1 cm³/mol. The van der Waals surface area contributed by atoms with E-state index in [2.05, 4.69) is 27.9 Å². The summed E-state index contributed by atoms with van der Waals surface area (Å²) in [7, 11) is 2.11. The molecule has 1 atom stereocenters. The fourth-order valence-electron chi connectivity index (χ4n) is 1.78. The summed E-state index contributed by atoms with van der Waals surface area (Å²) >= 11 is 3.46. The molecule has 0 saturated carbocycles. The fraction of sp³-hybridized carbons (Fsp3) is 0.455. The van der Waals surface area contributed by atoms with Crippen LogP contribution in [-0.4, -0.2) is 31.1 Å². The lowest BCUT2D eigenvalue weighted by atomic mass is 10.3. The van der Waals surface area contributed by atoms with Crippen LogP contribution < -0.4 is 10.5 Å². The van der Waals surface area contributed by atoms with Gasteiger partial charge >= 0.3 is 0 Å². The number of likely N-dealkylation sites (N-methyl/N-ethyl adjacent to an activating group) is 1. The quantitative estimate of drug-likeness (QED) is 0.837. The molecule has 0 unspecified atom stereocenters. The van der Waals surface area contributed by atoms with E-state index in [0.717, 1.165) is 35.4 Å². The average Bonchev–Trinajstić information content (AvgIpc) is 2.58. The largest absolute Gasteiger partial charge is 0.488 e. The smallest absolute Gasteiger partial charge is 0.136 e. The van der Waals surface area contributed by atoms with Crippen molar-refractivity contribution in [3.8, 4) is 5.75 Å². The van der Waals surface area contributed by atoms with Crippen LogP contribution in [0.1, 0.15) is 6.42 Å². The van der Waals surface area contributed by atoms with Crippen LogP contribution >= 0.6 is 15.9 Å². The minimum atomic E-state index is 0.285. The summed E-state index contributed by atoms with van der Waals surface area (Å²) in [6.07, 6.45) is 1.37. The van der Waals surface area contributed by atoms with Crippen molar-refractivity contribution >= 4 is 21.6 Å². The standard InChI is InChI=1S/C11H15BrN2O/c1-14-5-4-9(7-14)15-11-6-8(13)2-3-10(11)12/h2-3,6,9H,4-5,7,13H2,1H3/t9-/m1/s1. The summed E-state index contributed by atoms with van der Waals surface area (Å²) in [4.78, 5) is 2.27. The van der Waals surface area contributed by atoms with Gasteiger partial charge in [0.2, 0.25) is 0 Å². The number of halogens is 1. The van der Waals surface area contributed by atoms with Crippen LogP contribution in [-0.2, 0) is 0 Å². The number of anilines is 1. The highest BCUT2D eigenvalue weighted by atomic mass is 79.9. The van der Waals surface area contributed by atoms with E-state index in [4.69, 9.17) is 10.5 Å². The average molecular weight is 271 g/mol. The minimum absolute atomic E-state index is 0.285. The Kier molecular flexibility index (Phi) is 3.17. The van der Waals surface area contributed by atoms with Gasteiger partial charge in [0, 0.05) is 24.8 Å². The highest BCUT2D eigenvalue weighted by Crippen LogP contribution is 2.29. The maximum atomic E-state index is 5.89. The Balaban J connectivity index is 2.07. The Morgan fingerprint density at radius 1 is 1.53 bits per heavy atom. The first-order valence-corrected chi connectivity index (χ1v) is 5.84. The molecule has 0 amide bonds. The number of hydrogen-bond donors (Lipinski definition) is 1. The maximum absolute atomic E-state index is 5.89. The van der Waals surface area contributed by atoms with Crippen LogP contribution in [0, 0.1) is 0 Å². The molecular formula is C11H15BrN2O. The van der Waals surface area contributed by atoms with E-state index in [-0.39, 0.29) is 6.10 Å². The van der Waals surface area contributed by atoms with E-state index < -0.39 is 0 Å². The first-order chi connectivity index (χ1) is 7.15. The summed E-state index contributed by atoms with van der Waals surface area (Å²) in [6.45, 7) is 2.09. The summed E-state index contributed by atoms with van der Waals surface area (Å²) in [5.41, 5.74) is 6.45. The molecule has 3 nitrogen and oxygen atoms in total. The second kappa shape index (κ2) is 4.41. The maximum Gasteiger partial charge on any atom is 0.136 e. The number of nitrogen functional groups attached to an aromatic ring is 1. The zero-order chi connectivity index (χ0) is 10.8. The van der Waals surface area contributed by atoms with Crippen LogP contribution in [0.5, 0.6) is 5.75 Å². The molecule has 1 saturated heterocycles. The SMILES string of the molecule is CN1CC[C@@H](Oc2cc(N)ccc2Br)C1. The van der Waals surface area contributed by atoms with Crippen molar-refractivity contribution in [1.29, 1.82) is 0 Å². The van der Waals surface area contributed by atoms with Gasteiger partial charge in [0.25, 0.3) is 0 Å². The van der Waals surface area contributed by atoms with Crippen molar-refractivity contribution < 1.29 is 4.74 Å². The summed E-state index contributed by atoms with van der Waals surface area (Å²) < 4.78 is 6.85. The van der Waals surface area contributed by atoms with E-state index in [1.54, 1.807) is 0 Å². The monoisotopic (exact) mass is 270 g/mol. The van der Waals surface area contributed by atoms with Gasteiger partial charge in [-0.15, -0.1) is 0 Å². The van der Waals surface area contributed by atoms with Crippen molar-refractivity contribution in [3.63, 3.8) is 0 Å². The van der Waals surface area contributed by atoms with Crippen molar-refractivity contribution in [3.05, 3.63) is 22.7 Å². The molecule has 0 aliphatic carbocycles. The predicted octanol–water partition coefficient (Wildman–Crippen LogP) is 2.11. The highest BCUT2D eigenvalue weighted by molar-refractivity contribution is 9.10. The van der Waals surface area contributed by atoms with Gasteiger partial charge in [-0.05, 0) is 41.5 Å². The van der Waals surface area contributed by atoms with Gasteiger partial charge in [0.05, 0.1) is 4.47 Å². The lowest BCUT2D eigenvalue weighted by Gasteiger charge is -2.15. The molecule has 0 radical (unpaired) electrons. The third kappa shape index (κ3) is 2.63. The Bertz CT molecular complexity index is 356. The van der Waals surface area contributed by atoms with E-state index in [9.17, 15) is 0 Å². The zero-order valence-electron chi connectivity index (χ0n) is 8.74. The molecule has 15 heavy (non-hydrogen) atoms. The second-order valence-corrected chi connectivity index (χ2v) is 4.83. The number of rotatable bonds is 2. The first kappa shape index (κ1) is 10.8. The fourth-order valence-corrected chi connectivity index (χ4v) is 2.12. The molecule has 0 spiro atoms. The first-order valence-electron chi connectivity index (χ1n) is 5.05. The number of ether oxygens (including phenoxy) is 1. The summed E-state index contributed by atoms with van der Waals surface area (Å²) in [6, 6.07) is 5.64. The van der Waals surface area contributed by atoms with Crippen molar-refractivity contribution in [2.24, 2.45) is 0 Å². The molecule has 1 aromatic carbocycles. The topological polar surface area (TPSA) is 38.5 Å². The second-order valence-electron chi connectivity index (χ2n) is 3.98. The number of likely N-dealkylation sites (tertiary alicyclic amines) is 1. The van der Waals surface area contributed by atoms with Crippen LogP contribution in [0.4, 0.5) is 5.69 Å². The van der Waals surface area contributed by atoms with Crippen molar-refractivity contribution in [2.45, 2.75) is 12.5 Å².